The maximum absolute atomic E-state index is 11.8. The molecule has 72 valence electrons. The van der Waals surface area contributed by atoms with Crippen molar-refractivity contribution in [3.8, 4) is 0 Å². The predicted molar refractivity (Wildman–Crippen MR) is 43.0 cm³/mol. The van der Waals surface area contributed by atoms with Crippen LogP contribution in [0.15, 0.2) is 0 Å². The lowest BCUT2D eigenvalue weighted by Crippen LogP contribution is -2.42. The van der Waals surface area contributed by atoms with Gasteiger partial charge in [0, 0.05) is 6.04 Å². The van der Waals surface area contributed by atoms with Crippen LogP contribution in [0.4, 0.5) is 4.39 Å². The van der Waals surface area contributed by atoms with Gasteiger partial charge in [0.2, 0.25) is 5.91 Å². The summed E-state index contributed by atoms with van der Waals surface area (Å²) in [6.07, 6.45) is 0.333. The summed E-state index contributed by atoms with van der Waals surface area (Å²) in [4.78, 5) is 10.6. The number of carbonyl (C=O) groups excluding carboxylic acids is 1. The van der Waals surface area contributed by atoms with E-state index in [1.165, 1.54) is 6.92 Å². The van der Waals surface area contributed by atoms with E-state index in [1.807, 2.05) is 0 Å². The number of rotatable bonds is 5. The molecule has 0 fully saturated rings. The van der Waals surface area contributed by atoms with Gasteiger partial charge in [-0.05, 0) is 19.8 Å². The summed E-state index contributed by atoms with van der Waals surface area (Å²) in [7, 11) is 0. The molecule has 5 heteroatoms. The number of nitrogens with two attached hydrogens (primary N) is 2. The molecule has 4 nitrogen and oxygen atoms in total. The lowest BCUT2D eigenvalue weighted by molar-refractivity contribution is -0.135. The number of aliphatic hydroxyl groups is 1. The molecule has 0 aliphatic carbocycles. The van der Waals surface area contributed by atoms with Gasteiger partial charge in [0.05, 0.1) is 0 Å². The van der Waals surface area contributed by atoms with Gasteiger partial charge < -0.3 is 16.6 Å². The van der Waals surface area contributed by atoms with Crippen LogP contribution in [0.25, 0.3) is 0 Å². The van der Waals surface area contributed by atoms with E-state index in [4.69, 9.17) is 11.5 Å². The first-order chi connectivity index (χ1) is 5.40. The molecule has 1 unspecified atom stereocenters. The van der Waals surface area contributed by atoms with Crippen molar-refractivity contribution in [3.63, 3.8) is 0 Å². The molecule has 0 aliphatic heterocycles. The predicted octanol–water partition coefficient (Wildman–Crippen LogP) is -0.700. The maximum atomic E-state index is 11.8. The summed E-state index contributed by atoms with van der Waals surface area (Å²) in [6.45, 7) is 0.634. The number of hydrogen-bond acceptors (Lipinski definition) is 3. The van der Waals surface area contributed by atoms with E-state index in [0.29, 0.717) is 0 Å². The highest BCUT2D eigenvalue weighted by Crippen LogP contribution is 2.12. The molecule has 0 rings (SSSR count). The van der Waals surface area contributed by atoms with Crippen LogP contribution in [-0.4, -0.2) is 29.3 Å². The molecule has 5 N–H and O–H groups in total. The quantitative estimate of drug-likeness (QED) is 0.520. The van der Waals surface area contributed by atoms with E-state index in [-0.39, 0.29) is 12.8 Å². The van der Waals surface area contributed by atoms with Crippen molar-refractivity contribution in [1.29, 1.82) is 0 Å². The lowest BCUT2D eigenvalue weighted by atomic mass is 9.97. The summed E-state index contributed by atoms with van der Waals surface area (Å²) < 4.78 is 11.8. The summed E-state index contributed by atoms with van der Waals surface area (Å²) in [6, 6.07) is -0.629. The van der Waals surface area contributed by atoms with Gasteiger partial charge in [-0.3, -0.25) is 4.79 Å². The molecule has 0 aromatic heterocycles. The van der Waals surface area contributed by atoms with Crippen LogP contribution in [0.2, 0.25) is 0 Å². The van der Waals surface area contributed by atoms with Crippen LogP contribution in [0.1, 0.15) is 19.8 Å². The van der Waals surface area contributed by atoms with E-state index in [1.54, 1.807) is 0 Å². The van der Waals surface area contributed by atoms with Gasteiger partial charge in [0.15, 0.2) is 0 Å². The van der Waals surface area contributed by atoms with Crippen molar-refractivity contribution in [2.45, 2.75) is 31.4 Å². The van der Waals surface area contributed by atoms with Crippen LogP contribution >= 0.6 is 0 Å². The Balaban J connectivity index is 3.83. The Morgan fingerprint density at radius 2 is 2.25 bits per heavy atom. The zero-order valence-electron chi connectivity index (χ0n) is 7.09. The number of primary amides is 1. The van der Waals surface area contributed by atoms with E-state index in [0.717, 1.165) is 0 Å². The molecule has 0 aromatic carbocycles. The van der Waals surface area contributed by atoms with Gasteiger partial charge in [-0.25, -0.2) is 4.39 Å². The molecular formula is C7H15FN2O2. The first kappa shape index (κ1) is 11.3. The highest BCUT2D eigenvalue weighted by molar-refractivity contribution is 5.82. The molecule has 12 heavy (non-hydrogen) atoms. The molecule has 0 aliphatic rings. The number of hydrogen-bond donors (Lipinski definition) is 3. The zero-order valence-corrected chi connectivity index (χ0v) is 7.09. The third-order valence-electron chi connectivity index (χ3n) is 1.73. The Morgan fingerprint density at radius 3 is 2.58 bits per heavy atom. The summed E-state index contributed by atoms with van der Waals surface area (Å²) in [5.41, 5.74) is 8.54. The smallest absolute Gasteiger partial charge is 0.249 e. The van der Waals surface area contributed by atoms with Crippen LogP contribution in [0, 0.1) is 0 Å². The number of amides is 1. The first-order valence-electron chi connectivity index (χ1n) is 3.74. The minimum absolute atomic E-state index is 0.0907. The Bertz CT molecular complexity index is 161. The standard InChI is InChI=1S/C7H15FN2O2/c1-7(12,6(10)11)3-2-5(9)4-8/h5,12H,2-4,9H2,1H3,(H2,10,11)/t5-,7?/m0/s1. The molecule has 0 radical (unpaired) electrons. The van der Waals surface area contributed by atoms with Gasteiger partial charge in [-0.15, -0.1) is 0 Å². The fourth-order valence-electron chi connectivity index (χ4n) is 0.667. The van der Waals surface area contributed by atoms with Gasteiger partial charge in [-0.2, -0.15) is 0 Å². The second kappa shape index (κ2) is 4.37. The van der Waals surface area contributed by atoms with Crippen molar-refractivity contribution in [2.24, 2.45) is 11.5 Å². The van der Waals surface area contributed by atoms with E-state index < -0.39 is 24.2 Å². The van der Waals surface area contributed by atoms with Gasteiger partial charge >= 0.3 is 0 Å². The average Bonchev–Trinajstić information content (AvgIpc) is 2.00. The molecule has 0 saturated heterocycles. The van der Waals surface area contributed by atoms with Crippen LogP contribution in [-0.2, 0) is 4.79 Å². The van der Waals surface area contributed by atoms with Gasteiger partial charge in [-0.1, -0.05) is 0 Å². The molecule has 0 saturated carbocycles. The molecular weight excluding hydrogens is 163 g/mol. The SMILES string of the molecule is CC(O)(CC[C@H](N)CF)C(N)=O. The van der Waals surface area contributed by atoms with E-state index in [9.17, 15) is 14.3 Å². The van der Waals surface area contributed by atoms with Crippen molar-refractivity contribution < 1.29 is 14.3 Å². The third-order valence-corrected chi connectivity index (χ3v) is 1.73. The second-order valence-electron chi connectivity index (χ2n) is 3.09. The van der Waals surface area contributed by atoms with Crippen LogP contribution < -0.4 is 11.5 Å². The highest BCUT2D eigenvalue weighted by atomic mass is 19.1. The fourth-order valence-corrected chi connectivity index (χ4v) is 0.667. The van der Waals surface area contributed by atoms with Crippen molar-refractivity contribution >= 4 is 5.91 Å². The lowest BCUT2D eigenvalue weighted by Gasteiger charge is -2.19. The van der Waals surface area contributed by atoms with Crippen LogP contribution in [0.5, 0.6) is 0 Å². The Labute approximate surface area is 70.7 Å². The minimum atomic E-state index is -1.58. The number of carbonyl (C=O) groups is 1. The normalized spacial score (nSPS) is 18.3. The van der Waals surface area contributed by atoms with Gasteiger partial charge in [0.1, 0.15) is 12.3 Å². The van der Waals surface area contributed by atoms with Crippen molar-refractivity contribution in [1.82, 2.24) is 0 Å². The largest absolute Gasteiger partial charge is 0.380 e. The van der Waals surface area contributed by atoms with Crippen LogP contribution in [0.3, 0.4) is 0 Å². The maximum Gasteiger partial charge on any atom is 0.249 e. The second-order valence-corrected chi connectivity index (χ2v) is 3.09. The molecule has 0 aromatic rings. The molecule has 0 heterocycles. The molecule has 0 bridgehead atoms. The summed E-state index contributed by atoms with van der Waals surface area (Å²) >= 11 is 0. The Kier molecular flexibility index (Phi) is 4.12. The first-order valence-corrected chi connectivity index (χ1v) is 3.74. The molecule has 1 amide bonds. The molecule has 0 spiro atoms. The number of alkyl halides is 1. The summed E-state index contributed by atoms with van der Waals surface area (Å²) in [5, 5.41) is 9.28. The average molecular weight is 178 g/mol. The Hall–Kier alpha value is -0.680. The topological polar surface area (TPSA) is 89.3 Å². The number of halogens is 1. The summed E-state index contributed by atoms with van der Waals surface area (Å²) in [5.74, 6) is -0.812. The minimum Gasteiger partial charge on any atom is -0.380 e. The highest BCUT2D eigenvalue weighted by Gasteiger charge is 2.27. The fraction of sp³-hybridized carbons (Fsp3) is 0.857. The van der Waals surface area contributed by atoms with E-state index >= 15 is 0 Å². The third kappa shape index (κ3) is 3.64. The van der Waals surface area contributed by atoms with Crippen molar-refractivity contribution in [2.75, 3.05) is 6.67 Å². The monoisotopic (exact) mass is 178 g/mol. The Morgan fingerprint density at radius 1 is 1.75 bits per heavy atom. The molecule has 2 atom stereocenters. The van der Waals surface area contributed by atoms with Gasteiger partial charge in [0.25, 0.3) is 0 Å². The van der Waals surface area contributed by atoms with E-state index in [2.05, 4.69) is 0 Å². The zero-order chi connectivity index (χ0) is 9.78. The van der Waals surface area contributed by atoms with Crippen molar-refractivity contribution in [3.05, 3.63) is 0 Å².